The van der Waals surface area contributed by atoms with Crippen molar-refractivity contribution in [1.82, 2.24) is 0 Å². The van der Waals surface area contributed by atoms with Crippen molar-refractivity contribution in [2.45, 2.75) is 264 Å². The summed E-state index contributed by atoms with van der Waals surface area (Å²) in [4.78, 5) is 37.8. The molecule has 6 heteroatoms. The highest BCUT2D eigenvalue weighted by Crippen LogP contribution is 2.15. The molecule has 0 rings (SSSR count). The van der Waals surface area contributed by atoms with Gasteiger partial charge >= 0.3 is 17.9 Å². The van der Waals surface area contributed by atoms with E-state index in [9.17, 15) is 14.4 Å². The lowest BCUT2D eigenvalue weighted by Gasteiger charge is -2.18. The predicted molar refractivity (Wildman–Crippen MR) is 238 cm³/mol. The van der Waals surface area contributed by atoms with Gasteiger partial charge in [0.15, 0.2) is 6.10 Å². The zero-order valence-electron chi connectivity index (χ0n) is 37.4. The molecule has 0 aliphatic heterocycles. The quantitative estimate of drug-likeness (QED) is 0.0265. The number of hydrogen-bond acceptors (Lipinski definition) is 6. The third kappa shape index (κ3) is 43.0. The maximum Gasteiger partial charge on any atom is 0.306 e. The SMILES string of the molecule is CCCC/C=C\CCCCCCCC(=O)OC[C@H](COC(=O)CCCCCCCCCCCCCCCC)OC(=O)CCCCCCC/C=C\CCCCCC. The number of hydrogen-bond donors (Lipinski definition) is 0. The fraction of sp³-hybridized carbons (Fsp3) is 0.860. The summed E-state index contributed by atoms with van der Waals surface area (Å²) in [5.74, 6) is -0.885. The number of unbranched alkanes of at least 4 members (excludes halogenated alkanes) is 29. The second kappa shape index (κ2) is 45.6. The number of esters is 3. The molecule has 0 unspecified atom stereocenters. The summed E-state index contributed by atoms with van der Waals surface area (Å²) in [6, 6.07) is 0. The van der Waals surface area contributed by atoms with E-state index in [2.05, 4.69) is 45.1 Å². The zero-order chi connectivity index (χ0) is 40.8. The van der Waals surface area contributed by atoms with Crippen LogP contribution in [0.5, 0.6) is 0 Å². The van der Waals surface area contributed by atoms with Gasteiger partial charge in [-0.15, -0.1) is 0 Å². The molecule has 0 aliphatic rings. The van der Waals surface area contributed by atoms with Gasteiger partial charge in [0.05, 0.1) is 0 Å². The highest BCUT2D eigenvalue weighted by Gasteiger charge is 2.19. The van der Waals surface area contributed by atoms with Crippen molar-refractivity contribution >= 4 is 17.9 Å². The van der Waals surface area contributed by atoms with Crippen LogP contribution in [0.2, 0.25) is 0 Å². The van der Waals surface area contributed by atoms with E-state index < -0.39 is 6.10 Å². The zero-order valence-corrected chi connectivity index (χ0v) is 37.4. The Morgan fingerprint density at radius 2 is 0.607 bits per heavy atom. The van der Waals surface area contributed by atoms with Crippen LogP contribution in [-0.2, 0) is 28.6 Å². The second-order valence-corrected chi connectivity index (χ2v) is 16.4. The minimum Gasteiger partial charge on any atom is -0.462 e. The van der Waals surface area contributed by atoms with E-state index in [1.807, 2.05) is 0 Å². The number of allylic oxidation sites excluding steroid dienone is 4. The van der Waals surface area contributed by atoms with Gasteiger partial charge < -0.3 is 14.2 Å². The van der Waals surface area contributed by atoms with Gasteiger partial charge in [0.25, 0.3) is 0 Å². The standard InChI is InChI=1S/C50H92O6/c1-4-7-10-13-16-19-22-24-26-28-31-34-37-40-43-49(52)55-46-47(45-54-48(51)42-39-36-33-30-27-21-18-15-12-9-6-3)56-50(53)44-41-38-35-32-29-25-23-20-17-14-11-8-5-2/h15,18,20,23,47H,4-14,16-17,19,21-22,24-46H2,1-3H3/b18-15-,23-20-/t47-/m1/s1. The molecule has 0 amide bonds. The van der Waals surface area contributed by atoms with Gasteiger partial charge in [0.1, 0.15) is 13.2 Å². The Morgan fingerprint density at radius 1 is 0.339 bits per heavy atom. The maximum atomic E-state index is 12.7. The molecule has 0 aromatic heterocycles. The summed E-state index contributed by atoms with van der Waals surface area (Å²) in [7, 11) is 0. The average Bonchev–Trinajstić information content (AvgIpc) is 3.19. The fourth-order valence-electron chi connectivity index (χ4n) is 6.95. The van der Waals surface area contributed by atoms with Crippen LogP contribution in [0.25, 0.3) is 0 Å². The summed E-state index contributed by atoms with van der Waals surface area (Å²) < 4.78 is 16.7. The fourth-order valence-corrected chi connectivity index (χ4v) is 6.95. The van der Waals surface area contributed by atoms with Crippen LogP contribution in [0.3, 0.4) is 0 Å². The molecule has 0 fully saturated rings. The summed E-state index contributed by atoms with van der Waals surface area (Å²) >= 11 is 0. The minimum absolute atomic E-state index is 0.0739. The van der Waals surface area contributed by atoms with Gasteiger partial charge in [-0.2, -0.15) is 0 Å². The first-order valence-electron chi connectivity index (χ1n) is 24.3. The van der Waals surface area contributed by atoms with E-state index in [1.165, 1.54) is 148 Å². The van der Waals surface area contributed by atoms with Crippen molar-refractivity contribution in [2.24, 2.45) is 0 Å². The van der Waals surface area contributed by atoms with Crippen molar-refractivity contribution in [3.63, 3.8) is 0 Å². The third-order valence-electron chi connectivity index (χ3n) is 10.7. The van der Waals surface area contributed by atoms with Crippen LogP contribution in [0.15, 0.2) is 24.3 Å². The van der Waals surface area contributed by atoms with Crippen LogP contribution in [-0.4, -0.2) is 37.2 Å². The van der Waals surface area contributed by atoms with Crippen LogP contribution >= 0.6 is 0 Å². The molecule has 0 bridgehead atoms. The molecule has 6 nitrogen and oxygen atoms in total. The van der Waals surface area contributed by atoms with Crippen molar-refractivity contribution in [3.8, 4) is 0 Å². The van der Waals surface area contributed by atoms with Gasteiger partial charge in [0.2, 0.25) is 0 Å². The lowest BCUT2D eigenvalue weighted by Crippen LogP contribution is -2.30. The van der Waals surface area contributed by atoms with E-state index in [1.54, 1.807) is 0 Å². The van der Waals surface area contributed by atoms with Gasteiger partial charge in [0, 0.05) is 19.3 Å². The molecule has 0 aliphatic carbocycles. The molecule has 56 heavy (non-hydrogen) atoms. The van der Waals surface area contributed by atoms with E-state index in [0.29, 0.717) is 19.3 Å². The average molecular weight is 789 g/mol. The first-order valence-corrected chi connectivity index (χ1v) is 24.3. The molecule has 0 N–H and O–H groups in total. The Bertz CT molecular complexity index is 911. The molecule has 0 saturated heterocycles. The maximum absolute atomic E-state index is 12.7. The first kappa shape index (κ1) is 53.9. The van der Waals surface area contributed by atoms with E-state index in [-0.39, 0.29) is 31.1 Å². The minimum atomic E-state index is -0.772. The topological polar surface area (TPSA) is 78.9 Å². The van der Waals surface area contributed by atoms with Gasteiger partial charge in [-0.1, -0.05) is 199 Å². The Kier molecular flexibility index (Phi) is 43.9. The first-order chi connectivity index (χ1) is 27.5. The molecule has 0 aromatic rings. The lowest BCUT2D eigenvalue weighted by molar-refractivity contribution is -0.167. The molecule has 1 atom stereocenters. The number of rotatable bonds is 44. The van der Waals surface area contributed by atoms with Gasteiger partial charge in [-0.05, 0) is 64.2 Å². The smallest absolute Gasteiger partial charge is 0.306 e. The van der Waals surface area contributed by atoms with E-state index in [0.717, 1.165) is 70.6 Å². The van der Waals surface area contributed by atoms with Gasteiger partial charge in [-0.3, -0.25) is 14.4 Å². The summed E-state index contributed by atoms with van der Waals surface area (Å²) in [5, 5.41) is 0. The Labute approximate surface area is 347 Å². The highest BCUT2D eigenvalue weighted by molar-refractivity contribution is 5.71. The van der Waals surface area contributed by atoms with Crippen LogP contribution in [0.1, 0.15) is 258 Å². The largest absolute Gasteiger partial charge is 0.462 e. The van der Waals surface area contributed by atoms with Crippen LogP contribution < -0.4 is 0 Å². The van der Waals surface area contributed by atoms with Crippen molar-refractivity contribution in [3.05, 3.63) is 24.3 Å². The second-order valence-electron chi connectivity index (χ2n) is 16.4. The summed E-state index contributed by atoms with van der Waals surface area (Å²) in [6.07, 6.45) is 50.1. The van der Waals surface area contributed by atoms with E-state index in [4.69, 9.17) is 14.2 Å². The highest BCUT2D eigenvalue weighted by atomic mass is 16.6. The Hall–Kier alpha value is -2.11. The molecular weight excluding hydrogens is 697 g/mol. The molecule has 0 radical (unpaired) electrons. The Balaban J connectivity index is 4.36. The molecule has 0 aromatic carbocycles. The number of carbonyl (C=O) groups is 3. The molecule has 0 saturated carbocycles. The van der Waals surface area contributed by atoms with Gasteiger partial charge in [-0.25, -0.2) is 0 Å². The monoisotopic (exact) mass is 789 g/mol. The molecule has 0 heterocycles. The van der Waals surface area contributed by atoms with Crippen LogP contribution in [0.4, 0.5) is 0 Å². The number of carbonyl (C=O) groups excluding carboxylic acids is 3. The third-order valence-corrected chi connectivity index (χ3v) is 10.7. The normalized spacial score (nSPS) is 12.1. The Morgan fingerprint density at radius 3 is 0.964 bits per heavy atom. The van der Waals surface area contributed by atoms with E-state index >= 15 is 0 Å². The lowest BCUT2D eigenvalue weighted by atomic mass is 10.0. The van der Waals surface area contributed by atoms with Crippen molar-refractivity contribution < 1.29 is 28.6 Å². The summed E-state index contributed by atoms with van der Waals surface area (Å²) in [6.45, 7) is 6.58. The predicted octanol–water partition coefficient (Wildman–Crippen LogP) is 15.6. The molecule has 0 spiro atoms. The van der Waals surface area contributed by atoms with Crippen molar-refractivity contribution in [1.29, 1.82) is 0 Å². The summed E-state index contributed by atoms with van der Waals surface area (Å²) in [5.41, 5.74) is 0. The van der Waals surface area contributed by atoms with Crippen molar-refractivity contribution in [2.75, 3.05) is 13.2 Å². The number of ether oxygens (including phenoxy) is 3. The van der Waals surface area contributed by atoms with Crippen LogP contribution in [0, 0.1) is 0 Å². The molecule has 328 valence electrons. The molecular formula is C50H92O6.